The van der Waals surface area contributed by atoms with Gasteiger partial charge in [-0.15, -0.1) is 11.3 Å². The average molecular weight is 281 g/mol. The third-order valence-electron chi connectivity index (χ3n) is 2.70. The SMILES string of the molecule is CCc1nc2sccn2c(=O)c1C(=O)NCCOC. The fourth-order valence-electron chi connectivity index (χ4n) is 1.76. The van der Waals surface area contributed by atoms with Gasteiger partial charge in [0.25, 0.3) is 11.5 Å². The highest BCUT2D eigenvalue weighted by Crippen LogP contribution is 2.10. The molecule has 102 valence electrons. The second-order valence-electron chi connectivity index (χ2n) is 3.90. The van der Waals surface area contributed by atoms with E-state index in [1.165, 1.54) is 15.7 Å². The first-order valence-electron chi connectivity index (χ1n) is 5.95. The van der Waals surface area contributed by atoms with Crippen molar-refractivity contribution in [1.29, 1.82) is 0 Å². The molecule has 0 saturated heterocycles. The van der Waals surface area contributed by atoms with Crippen LogP contribution < -0.4 is 10.9 Å². The van der Waals surface area contributed by atoms with Gasteiger partial charge in [0.1, 0.15) is 5.56 Å². The van der Waals surface area contributed by atoms with Crippen LogP contribution in [0.4, 0.5) is 0 Å². The monoisotopic (exact) mass is 281 g/mol. The Hall–Kier alpha value is -1.73. The fourth-order valence-corrected chi connectivity index (χ4v) is 2.49. The molecule has 0 aliphatic heterocycles. The van der Waals surface area contributed by atoms with E-state index in [0.717, 1.165) is 0 Å². The molecule has 0 fully saturated rings. The Morgan fingerprint density at radius 2 is 2.37 bits per heavy atom. The molecular weight excluding hydrogens is 266 g/mol. The third-order valence-corrected chi connectivity index (χ3v) is 3.45. The standard InChI is InChI=1S/C12H15N3O3S/c1-3-8-9(10(16)13-4-6-18-2)11(17)15-5-7-19-12(15)14-8/h5,7H,3-4,6H2,1-2H3,(H,13,16). The molecule has 0 aliphatic carbocycles. The summed E-state index contributed by atoms with van der Waals surface area (Å²) in [6, 6.07) is 0. The lowest BCUT2D eigenvalue weighted by Gasteiger charge is -2.08. The van der Waals surface area contributed by atoms with Crippen LogP contribution >= 0.6 is 11.3 Å². The minimum Gasteiger partial charge on any atom is -0.383 e. The zero-order valence-electron chi connectivity index (χ0n) is 10.8. The summed E-state index contributed by atoms with van der Waals surface area (Å²) < 4.78 is 6.26. The van der Waals surface area contributed by atoms with Crippen molar-refractivity contribution in [2.75, 3.05) is 20.3 Å². The Balaban J connectivity index is 2.42. The zero-order valence-corrected chi connectivity index (χ0v) is 11.6. The predicted octanol–water partition coefficient (Wildman–Crippen LogP) is 0.695. The van der Waals surface area contributed by atoms with Gasteiger partial charge in [0.05, 0.1) is 12.3 Å². The van der Waals surface area contributed by atoms with Crippen LogP contribution in [-0.4, -0.2) is 35.6 Å². The topological polar surface area (TPSA) is 72.7 Å². The Labute approximate surface area is 114 Å². The van der Waals surface area contributed by atoms with E-state index < -0.39 is 5.91 Å². The second-order valence-corrected chi connectivity index (χ2v) is 4.77. The Morgan fingerprint density at radius 3 is 3.05 bits per heavy atom. The van der Waals surface area contributed by atoms with E-state index in [4.69, 9.17) is 4.74 Å². The number of carbonyl (C=O) groups excluding carboxylic acids is 1. The highest BCUT2D eigenvalue weighted by atomic mass is 32.1. The second kappa shape index (κ2) is 5.94. The van der Waals surface area contributed by atoms with E-state index in [1.54, 1.807) is 18.7 Å². The van der Waals surface area contributed by atoms with Gasteiger partial charge < -0.3 is 10.1 Å². The lowest BCUT2D eigenvalue weighted by atomic mass is 10.1. The van der Waals surface area contributed by atoms with Gasteiger partial charge in [-0.25, -0.2) is 4.98 Å². The van der Waals surface area contributed by atoms with Gasteiger partial charge in [0.2, 0.25) is 0 Å². The maximum Gasteiger partial charge on any atom is 0.271 e. The molecule has 19 heavy (non-hydrogen) atoms. The molecule has 7 heteroatoms. The number of amides is 1. The highest BCUT2D eigenvalue weighted by Gasteiger charge is 2.18. The fraction of sp³-hybridized carbons (Fsp3) is 0.417. The van der Waals surface area contributed by atoms with Crippen LogP contribution in [0, 0.1) is 0 Å². The molecule has 2 aromatic rings. The summed E-state index contributed by atoms with van der Waals surface area (Å²) in [4.78, 5) is 29.3. The molecule has 2 rings (SSSR count). The molecule has 0 unspecified atom stereocenters. The lowest BCUT2D eigenvalue weighted by Crippen LogP contribution is -2.34. The van der Waals surface area contributed by atoms with E-state index in [9.17, 15) is 9.59 Å². The van der Waals surface area contributed by atoms with Crippen molar-refractivity contribution in [2.24, 2.45) is 0 Å². The Kier molecular flexibility index (Phi) is 4.28. The van der Waals surface area contributed by atoms with E-state index in [2.05, 4.69) is 10.3 Å². The van der Waals surface area contributed by atoms with Crippen molar-refractivity contribution in [3.05, 3.63) is 33.2 Å². The van der Waals surface area contributed by atoms with Crippen molar-refractivity contribution in [3.63, 3.8) is 0 Å². The number of rotatable bonds is 5. The smallest absolute Gasteiger partial charge is 0.271 e. The van der Waals surface area contributed by atoms with E-state index in [-0.39, 0.29) is 11.1 Å². The van der Waals surface area contributed by atoms with Crippen molar-refractivity contribution in [3.8, 4) is 0 Å². The van der Waals surface area contributed by atoms with E-state index in [1.807, 2.05) is 6.92 Å². The van der Waals surface area contributed by atoms with Crippen LogP contribution in [-0.2, 0) is 11.2 Å². The summed E-state index contributed by atoms with van der Waals surface area (Å²) in [5.41, 5.74) is 0.329. The predicted molar refractivity (Wildman–Crippen MR) is 72.9 cm³/mol. The number of aromatic nitrogens is 2. The molecule has 0 aromatic carbocycles. The average Bonchev–Trinajstić information content (AvgIpc) is 2.87. The van der Waals surface area contributed by atoms with Crippen LogP contribution in [0.5, 0.6) is 0 Å². The van der Waals surface area contributed by atoms with Gasteiger partial charge in [0, 0.05) is 25.2 Å². The Bertz CT molecular complexity index is 647. The van der Waals surface area contributed by atoms with Crippen LogP contribution in [0.1, 0.15) is 23.0 Å². The van der Waals surface area contributed by atoms with Gasteiger partial charge in [-0.2, -0.15) is 0 Å². The van der Waals surface area contributed by atoms with Gasteiger partial charge in [-0.3, -0.25) is 14.0 Å². The number of hydrogen-bond acceptors (Lipinski definition) is 5. The summed E-state index contributed by atoms with van der Waals surface area (Å²) in [5.74, 6) is -0.396. The summed E-state index contributed by atoms with van der Waals surface area (Å²) in [7, 11) is 1.55. The van der Waals surface area contributed by atoms with Crippen molar-refractivity contribution >= 4 is 22.2 Å². The molecule has 0 aliphatic rings. The maximum atomic E-state index is 12.3. The molecule has 0 bridgehead atoms. The zero-order chi connectivity index (χ0) is 13.8. The third kappa shape index (κ3) is 2.66. The van der Waals surface area contributed by atoms with Crippen LogP contribution in [0.3, 0.4) is 0 Å². The number of hydrogen-bond donors (Lipinski definition) is 1. The number of thiazole rings is 1. The molecule has 0 spiro atoms. The minimum atomic E-state index is -0.396. The molecule has 0 saturated carbocycles. The van der Waals surface area contributed by atoms with E-state index >= 15 is 0 Å². The summed E-state index contributed by atoms with van der Waals surface area (Å²) in [6.07, 6.45) is 2.16. The highest BCUT2D eigenvalue weighted by molar-refractivity contribution is 7.15. The Morgan fingerprint density at radius 1 is 1.58 bits per heavy atom. The van der Waals surface area contributed by atoms with Crippen LogP contribution in [0.15, 0.2) is 16.4 Å². The van der Waals surface area contributed by atoms with Gasteiger partial charge >= 0.3 is 0 Å². The summed E-state index contributed by atoms with van der Waals surface area (Å²) in [6.45, 7) is 2.64. The first-order valence-corrected chi connectivity index (χ1v) is 6.82. The summed E-state index contributed by atoms with van der Waals surface area (Å²) in [5, 5.41) is 4.43. The molecule has 1 amide bonds. The largest absolute Gasteiger partial charge is 0.383 e. The number of methoxy groups -OCH3 is 1. The van der Waals surface area contributed by atoms with Gasteiger partial charge in [0.15, 0.2) is 4.96 Å². The first kappa shape index (κ1) is 13.7. The van der Waals surface area contributed by atoms with Crippen molar-refractivity contribution in [1.82, 2.24) is 14.7 Å². The number of ether oxygens (including phenoxy) is 1. The number of fused-ring (bicyclic) bond motifs is 1. The van der Waals surface area contributed by atoms with Crippen molar-refractivity contribution in [2.45, 2.75) is 13.3 Å². The van der Waals surface area contributed by atoms with Crippen LogP contribution in [0.2, 0.25) is 0 Å². The van der Waals surface area contributed by atoms with Gasteiger partial charge in [-0.1, -0.05) is 6.92 Å². The molecule has 0 radical (unpaired) electrons. The maximum absolute atomic E-state index is 12.3. The van der Waals surface area contributed by atoms with Crippen molar-refractivity contribution < 1.29 is 9.53 Å². The van der Waals surface area contributed by atoms with E-state index in [0.29, 0.717) is 30.2 Å². The molecule has 2 heterocycles. The first-order chi connectivity index (χ1) is 9.19. The normalized spacial score (nSPS) is 10.8. The van der Waals surface area contributed by atoms with Gasteiger partial charge in [-0.05, 0) is 6.42 Å². The molecule has 6 nitrogen and oxygen atoms in total. The minimum absolute atomic E-state index is 0.120. The van der Waals surface area contributed by atoms with Crippen LogP contribution in [0.25, 0.3) is 4.96 Å². The lowest BCUT2D eigenvalue weighted by molar-refractivity contribution is 0.0934. The summed E-state index contributed by atoms with van der Waals surface area (Å²) >= 11 is 1.37. The molecule has 2 aromatic heterocycles. The molecule has 0 atom stereocenters. The number of nitrogens with one attached hydrogen (secondary N) is 1. The number of carbonyl (C=O) groups is 1. The molecule has 1 N–H and O–H groups in total. The quantitative estimate of drug-likeness (QED) is 0.819. The number of nitrogens with zero attached hydrogens (tertiary/aromatic N) is 2. The molecular formula is C12H15N3O3S. The number of aryl methyl sites for hydroxylation is 1.